The third kappa shape index (κ3) is 3.41. The van der Waals surface area contributed by atoms with Gasteiger partial charge in [0, 0.05) is 18.8 Å². The van der Waals surface area contributed by atoms with E-state index in [0.717, 1.165) is 0 Å². The molecule has 1 atom stereocenters. The van der Waals surface area contributed by atoms with Gasteiger partial charge in [-0.05, 0) is 19.9 Å². The van der Waals surface area contributed by atoms with Gasteiger partial charge in [0.25, 0.3) is 0 Å². The highest BCUT2D eigenvalue weighted by molar-refractivity contribution is 5.32. The largest absolute Gasteiger partial charge is 0.494 e. The predicted octanol–water partition coefficient (Wildman–Crippen LogP) is 2.27. The number of hydrogen-bond donors (Lipinski definition) is 1. The SMILES string of the molecule is CCOC(OCC)C(O)c1cccc(OC)c1F. The average Bonchev–Trinajstić information content (AvgIpc) is 2.38. The van der Waals surface area contributed by atoms with Crippen LogP contribution in [0.3, 0.4) is 0 Å². The maximum atomic E-state index is 14.0. The van der Waals surface area contributed by atoms with Gasteiger partial charge in [0.1, 0.15) is 6.10 Å². The van der Waals surface area contributed by atoms with Crippen molar-refractivity contribution in [1.29, 1.82) is 0 Å². The third-order valence-electron chi connectivity index (χ3n) is 2.45. The molecule has 102 valence electrons. The molecule has 5 heteroatoms. The Bertz CT molecular complexity index is 364. The smallest absolute Gasteiger partial charge is 0.187 e. The number of methoxy groups -OCH3 is 1. The first kappa shape index (κ1) is 14.9. The van der Waals surface area contributed by atoms with E-state index in [1.165, 1.54) is 19.2 Å². The molecule has 0 saturated carbocycles. The van der Waals surface area contributed by atoms with Crippen LogP contribution in [0.5, 0.6) is 5.75 Å². The number of aliphatic hydroxyl groups excluding tert-OH is 1. The summed E-state index contributed by atoms with van der Waals surface area (Å²) in [6, 6.07) is 4.57. The van der Waals surface area contributed by atoms with Gasteiger partial charge >= 0.3 is 0 Å². The van der Waals surface area contributed by atoms with Gasteiger partial charge in [0.15, 0.2) is 17.9 Å². The van der Waals surface area contributed by atoms with Crippen molar-refractivity contribution in [2.24, 2.45) is 0 Å². The van der Waals surface area contributed by atoms with Gasteiger partial charge in [-0.15, -0.1) is 0 Å². The summed E-state index contributed by atoms with van der Waals surface area (Å²) in [5, 5.41) is 10.1. The second-order valence-electron chi connectivity index (χ2n) is 3.59. The zero-order chi connectivity index (χ0) is 13.5. The van der Waals surface area contributed by atoms with Crippen LogP contribution < -0.4 is 4.74 Å². The number of benzene rings is 1. The lowest BCUT2D eigenvalue weighted by Crippen LogP contribution is -2.26. The van der Waals surface area contributed by atoms with E-state index in [4.69, 9.17) is 14.2 Å². The predicted molar refractivity (Wildman–Crippen MR) is 65.0 cm³/mol. The van der Waals surface area contributed by atoms with Crippen molar-refractivity contribution in [2.45, 2.75) is 26.2 Å². The standard InChI is InChI=1S/C13H19FO4/c1-4-17-13(18-5-2)12(15)9-7-6-8-10(16-3)11(9)14/h6-8,12-13,15H,4-5H2,1-3H3. The van der Waals surface area contributed by atoms with E-state index in [0.29, 0.717) is 13.2 Å². The summed E-state index contributed by atoms with van der Waals surface area (Å²) in [7, 11) is 1.37. The lowest BCUT2D eigenvalue weighted by molar-refractivity contribution is -0.192. The first-order valence-electron chi connectivity index (χ1n) is 5.89. The number of hydrogen-bond acceptors (Lipinski definition) is 4. The Labute approximate surface area is 106 Å². The van der Waals surface area contributed by atoms with E-state index >= 15 is 0 Å². The fourth-order valence-corrected chi connectivity index (χ4v) is 1.62. The zero-order valence-electron chi connectivity index (χ0n) is 10.9. The topological polar surface area (TPSA) is 47.9 Å². The molecular formula is C13H19FO4. The van der Waals surface area contributed by atoms with Crippen LogP contribution in [0.4, 0.5) is 4.39 Å². The first-order chi connectivity index (χ1) is 8.65. The molecule has 0 aliphatic rings. The molecule has 0 aliphatic carbocycles. The quantitative estimate of drug-likeness (QED) is 0.762. The minimum Gasteiger partial charge on any atom is -0.494 e. The summed E-state index contributed by atoms with van der Waals surface area (Å²) in [5.41, 5.74) is 0.0984. The van der Waals surface area contributed by atoms with Crippen LogP contribution in [0, 0.1) is 5.82 Å². The van der Waals surface area contributed by atoms with Gasteiger partial charge in [-0.1, -0.05) is 12.1 Å². The van der Waals surface area contributed by atoms with Crippen molar-refractivity contribution in [3.05, 3.63) is 29.6 Å². The summed E-state index contributed by atoms with van der Waals surface area (Å²) in [5.74, 6) is -0.518. The summed E-state index contributed by atoms with van der Waals surface area (Å²) in [6.07, 6.45) is -2.08. The van der Waals surface area contributed by atoms with Crippen molar-refractivity contribution in [2.75, 3.05) is 20.3 Å². The second kappa shape index (κ2) is 7.31. The van der Waals surface area contributed by atoms with E-state index in [1.54, 1.807) is 19.9 Å². The van der Waals surface area contributed by atoms with Crippen LogP contribution in [-0.2, 0) is 9.47 Å². The average molecular weight is 258 g/mol. The fourth-order valence-electron chi connectivity index (χ4n) is 1.62. The van der Waals surface area contributed by atoms with Crippen LogP contribution in [0.25, 0.3) is 0 Å². The molecule has 4 nitrogen and oxygen atoms in total. The molecule has 18 heavy (non-hydrogen) atoms. The normalized spacial score (nSPS) is 12.8. The Balaban J connectivity index is 2.96. The van der Waals surface area contributed by atoms with Crippen LogP contribution in [-0.4, -0.2) is 31.7 Å². The van der Waals surface area contributed by atoms with Gasteiger partial charge in [0.05, 0.1) is 7.11 Å². The lowest BCUT2D eigenvalue weighted by atomic mass is 10.1. The summed E-state index contributed by atoms with van der Waals surface area (Å²) in [4.78, 5) is 0. The van der Waals surface area contributed by atoms with Gasteiger partial charge < -0.3 is 19.3 Å². The minimum absolute atomic E-state index is 0.0818. The first-order valence-corrected chi connectivity index (χ1v) is 5.89. The second-order valence-corrected chi connectivity index (χ2v) is 3.59. The van der Waals surface area contributed by atoms with Crippen molar-refractivity contribution in [3.8, 4) is 5.75 Å². The molecule has 1 aromatic carbocycles. The maximum absolute atomic E-state index is 14.0. The van der Waals surface area contributed by atoms with E-state index in [9.17, 15) is 9.50 Å². The molecule has 1 aromatic rings. The molecule has 0 fully saturated rings. The molecule has 0 saturated heterocycles. The van der Waals surface area contributed by atoms with Crippen molar-refractivity contribution >= 4 is 0 Å². The monoisotopic (exact) mass is 258 g/mol. The third-order valence-corrected chi connectivity index (χ3v) is 2.45. The van der Waals surface area contributed by atoms with E-state index in [-0.39, 0.29) is 11.3 Å². The molecule has 0 bridgehead atoms. The van der Waals surface area contributed by atoms with E-state index < -0.39 is 18.2 Å². The number of halogens is 1. The van der Waals surface area contributed by atoms with Crippen LogP contribution >= 0.6 is 0 Å². The fraction of sp³-hybridized carbons (Fsp3) is 0.538. The molecule has 1 rings (SSSR count). The Kier molecular flexibility index (Phi) is 6.04. The van der Waals surface area contributed by atoms with Crippen molar-refractivity contribution in [1.82, 2.24) is 0 Å². The minimum atomic E-state index is -1.19. The Morgan fingerprint density at radius 3 is 2.33 bits per heavy atom. The highest BCUT2D eigenvalue weighted by Gasteiger charge is 2.25. The Morgan fingerprint density at radius 2 is 1.83 bits per heavy atom. The van der Waals surface area contributed by atoms with Gasteiger partial charge in [0.2, 0.25) is 0 Å². The molecule has 0 amide bonds. The van der Waals surface area contributed by atoms with E-state index in [2.05, 4.69) is 0 Å². The lowest BCUT2D eigenvalue weighted by Gasteiger charge is -2.23. The molecular weight excluding hydrogens is 239 g/mol. The number of rotatable bonds is 7. The van der Waals surface area contributed by atoms with Crippen molar-refractivity contribution < 1.29 is 23.7 Å². The molecule has 0 spiro atoms. The number of ether oxygens (including phenoxy) is 3. The van der Waals surface area contributed by atoms with Gasteiger partial charge in [-0.2, -0.15) is 0 Å². The molecule has 1 N–H and O–H groups in total. The molecule has 0 heterocycles. The van der Waals surface area contributed by atoms with Crippen LogP contribution in [0.1, 0.15) is 25.5 Å². The Morgan fingerprint density at radius 1 is 1.22 bits per heavy atom. The Hall–Kier alpha value is -1.17. The molecule has 0 radical (unpaired) electrons. The highest BCUT2D eigenvalue weighted by Crippen LogP contribution is 2.28. The molecule has 1 unspecified atom stereocenters. The van der Waals surface area contributed by atoms with Crippen LogP contribution in [0.2, 0.25) is 0 Å². The number of aliphatic hydroxyl groups is 1. The summed E-state index contributed by atoms with van der Waals surface area (Å²) in [6.45, 7) is 4.29. The zero-order valence-corrected chi connectivity index (χ0v) is 10.9. The van der Waals surface area contributed by atoms with Gasteiger partial charge in [-0.25, -0.2) is 4.39 Å². The molecule has 0 aliphatic heterocycles. The van der Waals surface area contributed by atoms with Gasteiger partial charge in [-0.3, -0.25) is 0 Å². The van der Waals surface area contributed by atoms with E-state index in [1.807, 2.05) is 0 Å². The highest BCUT2D eigenvalue weighted by atomic mass is 19.1. The summed E-state index contributed by atoms with van der Waals surface area (Å²) < 4.78 is 29.3. The van der Waals surface area contributed by atoms with Crippen LogP contribution in [0.15, 0.2) is 18.2 Å². The van der Waals surface area contributed by atoms with Crippen molar-refractivity contribution in [3.63, 3.8) is 0 Å². The maximum Gasteiger partial charge on any atom is 0.187 e. The summed E-state index contributed by atoms with van der Waals surface area (Å²) >= 11 is 0. The molecule has 0 aromatic heterocycles.